The summed E-state index contributed by atoms with van der Waals surface area (Å²) in [5.74, 6) is 0. The summed E-state index contributed by atoms with van der Waals surface area (Å²) in [6.07, 6.45) is 0. The van der Waals surface area contributed by atoms with E-state index in [4.69, 9.17) is 16.3 Å². The van der Waals surface area contributed by atoms with Crippen LogP contribution >= 0.6 is 11.6 Å². The molecule has 0 bridgehead atoms. The van der Waals surface area contributed by atoms with Crippen LogP contribution in [0.1, 0.15) is 16.7 Å². The number of aromatic nitrogens is 1. The number of carbonyl (C=O) groups is 1. The first-order valence-corrected chi connectivity index (χ1v) is 11.5. The second-order valence-corrected chi connectivity index (χ2v) is 8.84. The maximum Gasteiger partial charge on any atom is 0.322 e. The van der Waals surface area contributed by atoms with Crippen LogP contribution in [-0.2, 0) is 11.3 Å². The van der Waals surface area contributed by atoms with E-state index < -0.39 is 0 Å². The predicted molar refractivity (Wildman–Crippen MR) is 132 cm³/mol. The second kappa shape index (κ2) is 10.4. The van der Waals surface area contributed by atoms with Gasteiger partial charge < -0.3 is 19.9 Å². The highest BCUT2D eigenvalue weighted by molar-refractivity contribution is 6.33. The van der Waals surface area contributed by atoms with Crippen LogP contribution in [0.3, 0.4) is 0 Å². The average Bonchev–Trinajstić information content (AvgIpc) is 2.80. The summed E-state index contributed by atoms with van der Waals surface area (Å²) in [6.45, 7) is 8.47. The highest BCUT2D eigenvalue weighted by Crippen LogP contribution is 2.22. The molecule has 2 aromatic carbocycles. The third kappa shape index (κ3) is 5.74. The molecule has 3 aromatic rings. The Hall–Kier alpha value is -2.87. The quantitative estimate of drug-likeness (QED) is 0.569. The number of ether oxygens (including phenoxy) is 1. The Balaban J connectivity index is 1.58. The van der Waals surface area contributed by atoms with Crippen LogP contribution in [-0.4, -0.2) is 60.2 Å². The molecular weight excluding hydrogens is 440 g/mol. The monoisotopic (exact) mass is 468 g/mol. The number of pyridine rings is 1. The SMILES string of the molecule is Cc1cc2cc(CN(CCN3CCOCC3)C(=O)Nc3ccccc3Cl)c(=O)[nH]c2cc1C. The number of aromatic amines is 1. The van der Waals surface area contributed by atoms with E-state index in [1.165, 1.54) is 0 Å². The molecule has 1 aromatic heterocycles. The standard InChI is InChI=1S/C25H29ClN4O3/c1-17-13-19-15-20(24(31)27-23(19)14-18(17)2)16-30(8-7-29-9-11-33-12-10-29)25(32)28-22-6-4-3-5-21(22)26/h3-6,13-15H,7-12,16H2,1-2H3,(H,27,31)(H,28,32). The van der Waals surface area contributed by atoms with Gasteiger partial charge in [0.25, 0.3) is 5.56 Å². The first kappa shape index (κ1) is 23.3. The maximum atomic E-state index is 13.2. The number of nitrogens with zero attached hydrogens (tertiary/aromatic N) is 2. The van der Waals surface area contributed by atoms with Crippen molar-refractivity contribution in [2.24, 2.45) is 0 Å². The summed E-state index contributed by atoms with van der Waals surface area (Å²) in [7, 11) is 0. The summed E-state index contributed by atoms with van der Waals surface area (Å²) in [5.41, 5.74) is 3.97. The van der Waals surface area contributed by atoms with Crippen LogP contribution in [0.5, 0.6) is 0 Å². The Morgan fingerprint density at radius 3 is 2.64 bits per heavy atom. The van der Waals surface area contributed by atoms with Gasteiger partial charge in [0.1, 0.15) is 0 Å². The van der Waals surface area contributed by atoms with Gasteiger partial charge in [-0.1, -0.05) is 23.7 Å². The van der Waals surface area contributed by atoms with E-state index in [-0.39, 0.29) is 18.1 Å². The number of H-pyrrole nitrogens is 1. The van der Waals surface area contributed by atoms with Gasteiger partial charge >= 0.3 is 6.03 Å². The summed E-state index contributed by atoms with van der Waals surface area (Å²) >= 11 is 6.24. The fourth-order valence-corrected chi connectivity index (χ4v) is 4.12. The molecule has 33 heavy (non-hydrogen) atoms. The molecule has 1 aliphatic rings. The number of aryl methyl sites for hydroxylation is 2. The Morgan fingerprint density at radius 2 is 1.88 bits per heavy atom. The maximum absolute atomic E-state index is 13.2. The number of fused-ring (bicyclic) bond motifs is 1. The molecule has 0 unspecified atom stereocenters. The van der Waals surface area contributed by atoms with Gasteiger partial charge in [-0.25, -0.2) is 4.79 Å². The fraction of sp³-hybridized carbons (Fsp3) is 0.360. The van der Waals surface area contributed by atoms with Crippen molar-refractivity contribution in [2.45, 2.75) is 20.4 Å². The molecule has 4 rings (SSSR count). The van der Waals surface area contributed by atoms with Crippen LogP contribution in [0.25, 0.3) is 10.9 Å². The highest BCUT2D eigenvalue weighted by Gasteiger charge is 2.19. The van der Waals surface area contributed by atoms with Crippen LogP contribution < -0.4 is 10.9 Å². The number of halogens is 1. The van der Waals surface area contributed by atoms with E-state index in [1.807, 2.05) is 38.1 Å². The Morgan fingerprint density at radius 1 is 1.15 bits per heavy atom. The molecule has 0 spiro atoms. The molecule has 2 heterocycles. The van der Waals surface area contributed by atoms with Crippen LogP contribution in [0.4, 0.5) is 10.5 Å². The van der Waals surface area contributed by atoms with Crippen LogP contribution in [0.15, 0.2) is 47.3 Å². The Kier molecular flexibility index (Phi) is 7.33. The molecule has 7 nitrogen and oxygen atoms in total. The molecule has 2 N–H and O–H groups in total. The van der Waals surface area contributed by atoms with Crippen LogP contribution in [0.2, 0.25) is 5.02 Å². The van der Waals surface area contributed by atoms with E-state index in [0.29, 0.717) is 42.6 Å². The fourth-order valence-electron chi connectivity index (χ4n) is 3.94. The number of nitrogens with one attached hydrogen (secondary N) is 2. The normalized spacial score (nSPS) is 14.4. The molecule has 1 aliphatic heterocycles. The molecule has 1 fully saturated rings. The third-order valence-electron chi connectivity index (χ3n) is 6.09. The van der Waals surface area contributed by atoms with Crippen molar-refractivity contribution in [3.63, 3.8) is 0 Å². The minimum Gasteiger partial charge on any atom is -0.379 e. The van der Waals surface area contributed by atoms with Crippen molar-refractivity contribution in [1.82, 2.24) is 14.8 Å². The molecule has 0 radical (unpaired) electrons. The average molecular weight is 469 g/mol. The molecule has 0 saturated carbocycles. The van der Waals surface area contributed by atoms with Gasteiger partial charge in [-0.15, -0.1) is 0 Å². The van der Waals surface area contributed by atoms with Crippen molar-refractivity contribution in [1.29, 1.82) is 0 Å². The molecule has 1 saturated heterocycles. The Bertz CT molecular complexity index is 1200. The molecule has 174 valence electrons. The zero-order valence-corrected chi connectivity index (χ0v) is 19.7. The van der Waals surface area contributed by atoms with E-state index in [9.17, 15) is 9.59 Å². The van der Waals surface area contributed by atoms with E-state index in [2.05, 4.69) is 21.3 Å². The third-order valence-corrected chi connectivity index (χ3v) is 6.42. The van der Waals surface area contributed by atoms with E-state index >= 15 is 0 Å². The number of hydrogen-bond donors (Lipinski definition) is 2. The number of benzene rings is 2. The zero-order valence-electron chi connectivity index (χ0n) is 19.0. The minimum atomic E-state index is -0.295. The Labute approximate surface area is 198 Å². The van der Waals surface area contributed by atoms with E-state index in [1.54, 1.807) is 17.0 Å². The van der Waals surface area contributed by atoms with Gasteiger partial charge in [0.2, 0.25) is 0 Å². The van der Waals surface area contributed by atoms with Crippen LogP contribution in [0, 0.1) is 13.8 Å². The van der Waals surface area contributed by atoms with Gasteiger partial charge in [0.15, 0.2) is 0 Å². The largest absolute Gasteiger partial charge is 0.379 e. The number of hydrogen-bond acceptors (Lipinski definition) is 4. The van der Waals surface area contributed by atoms with Gasteiger partial charge in [0.05, 0.1) is 30.5 Å². The number of morpholine rings is 1. The summed E-state index contributed by atoms with van der Waals surface area (Å²) in [4.78, 5) is 33.0. The van der Waals surface area contributed by atoms with Crippen molar-refractivity contribution in [2.75, 3.05) is 44.7 Å². The lowest BCUT2D eigenvalue weighted by atomic mass is 10.0. The molecular formula is C25H29ClN4O3. The lowest BCUT2D eigenvalue weighted by Gasteiger charge is -2.30. The topological polar surface area (TPSA) is 77.7 Å². The predicted octanol–water partition coefficient (Wildman–Crippen LogP) is 4.16. The van der Waals surface area contributed by atoms with Crippen molar-refractivity contribution >= 4 is 34.2 Å². The molecule has 8 heteroatoms. The number of amides is 2. The number of carbonyl (C=O) groups excluding carboxylic acids is 1. The van der Waals surface area contributed by atoms with Gasteiger partial charge in [-0.05, 0) is 60.7 Å². The van der Waals surface area contributed by atoms with Gasteiger partial charge in [-0.2, -0.15) is 0 Å². The number of rotatable bonds is 6. The number of urea groups is 1. The summed E-state index contributed by atoms with van der Waals surface area (Å²) in [5, 5.41) is 4.31. The molecule has 0 atom stereocenters. The summed E-state index contributed by atoms with van der Waals surface area (Å²) in [6, 6.07) is 12.7. The van der Waals surface area contributed by atoms with Crippen molar-refractivity contribution < 1.29 is 9.53 Å². The number of para-hydroxylation sites is 1. The zero-order chi connectivity index (χ0) is 23.4. The smallest absolute Gasteiger partial charge is 0.322 e. The lowest BCUT2D eigenvalue weighted by molar-refractivity contribution is 0.0349. The first-order valence-electron chi connectivity index (χ1n) is 11.1. The van der Waals surface area contributed by atoms with Gasteiger partial charge in [-0.3, -0.25) is 9.69 Å². The van der Waals surface area contributed by atoms with Crippen molar-refractivity contribution in [3.8, 4) is 0 Å². The summed E-state index contributed by atoms with van der Waals surface area (Å²) < 4.78 is 5.42. The lowest BCUT2D eigenvalue weighted by Crippen LogP contribution is -2.44. The van der Waals surface area contributed by atoms with E-state index in [0.717, 1.165) is 35.1 Å². The molecule has 0 aliphatic carbocycles. The van der Waals surface area contributed by atoms with Crippen molar-refractivity contribution in [3.05, 3.63) is 74.5 Å². The minimum absolute atomic E-state index is 0.187. The second-order valence-electron chi connectivity index (χ2n) is 8.43. The first-order chi connectivity index (χ1) is 15.9. The number of anilines is 1. The van der Waals surface area contributed by atoms with Gasteiger partial charge in [0, 0.05) is 37.3 Å². The molecule has 2 amide bonds. The highest BCUT2D eigenvalue weighted by atomic mass is 35.5.